The van der Waals surface area contributed by atoms with Crippen molar-refractivity contribution >= 4 is 23.6 Å². The van der Waals surface area contributed by atoms with E-state index in [9.17, 15) is 18.4 Å². The molecule has 136 valence electrons. The van der Waals surface area contributed by atoms with Crippen molar-refractivity contribution in [3.8, 4) is 11.5 Å². The molecular formula is C18H16F2N2O4. The molecule has 0 saturated carbocycles. The highest BCUT2D eigenvalue weighted by atomic mass is 19.3. The molecule has 3 N–H and O–H groups in total. The third-order valence-corrected chi connectivity index (χ3v) is 3.27. The summed E-state index contributed by atoms with van der Waals surface area (Å²) in [6.45, 7) is -3.04. The Morgan fingerprint density at radius 1 is 1.19 bits per heavy atom. The van der Waals surface area contributed by atoms with Crippen molar-refractivity contribution in [2.75, 3.05) is 12.4 Å². The number of hydrogen-bond acceptors (Lipinski definition) is 4. The van der Waals surface area contributed by atoms with Crippen molar-refractivity contribution in [1.82, 2.24) is 0 Å². The van der Waals surface area contributed by atoms with Gasteiger partial charge in [0.15, 0.2) is 11.5 Å². The van der Waals surface area contributed by atoms with Gasteiger partial charge in [-0.25, -0.2) is 0 Å². The molecule has 0 saturated heterocycles. The van der Waals surface area contributed by atoms with Gasteiger partial charge in [0, 0.05) is 22.9 Å². The first kappa shape index (κ1) is 18.9. The number of methoxy groups -OCH3 is 1. The monoisotopic (exact) mass is 362 g/mol. The Hall–Kier alpha value is -3.42. The Morgan fingerprint density at radius 2 is 1.92 bits per heavy atom. The van der Waals surface area contributed by atoms with E-state index in [-0.39, 0.29) is 22.6 Å². The van der Waals surface area contributed by atoms with Crippen LogP contribution in [0, 0.1) is 0 Å². The summed E-state index contributed by atoms with van der Waals surface area (Å²) in [7, 11) is 1.32. The fourth-order valence-corrected chi connectivity index (χ4v) is 2.14. The van der Waals surface area contributed by atoms with E-state index in [4.69, 9.17) is 10.5 Å². The number of alkyl halides is 2. The first-order valence-corrected chi connectivity index (χ1v) is 7.41. The van der Waals surface area contributed by atoms with E-state index in [0.717, 1.165) is 6.08 Å². The lowest BCUT2D eigenvalue weighted by atomic mass is 10.1. The Kier molecular flexibility index (Phi) is 6.26. The molecule has 0 bridgehead atoms. The molecule has 2 aromatic carbocycles. The molecule has 2 aromatic rings. The van der Waals surface area contributed by atoms with Gasteiger partial charge in [0.25, 0.3) is 0 Å². The van der Waals surface area contributed by atoms with Crippen molar-refractivity contribution in [3.05, 3.63) is 59.7 Å². The van der Waals surface area contributed by atoms with E-state index < -0.39 is 18.4 Å². The van der Waals surface area contributed by atoms with Gasteiger partial charge in [-0.15, -0.1) is 0 Å². The number of anilines is 1. The highest BCUT2D eigenvalue weighted by Crippen LogP contribution is 2.33. The number of amides is 2. The van der Waals surface area contributed by atoms with Gasteiger partial charge in [-0.1, -0.05) is 18.2 Å². The fourth-order valence-electron chi connectivity index (χ4n) is 2.14. The maximum Gasteiger partial charge on any atom is 0.387 e. The quantitative estimate of drug-likeness (QED) is 0.741. The van der Waals surface area contributed by atoms with Gasteiger partial charge in [-0.2, -0.15) is 8.78 Å². The van der Waals surface area contributed by atoms with Crippen molar-refractivity contribution in [2.45, 2.75) is 6.61 Å². The van der Waals surface area contributed by atoms with E-state index in [1.807, 2.05) is 0 Å². The van der Waals surface area contributed by atoms with Crippen LogP contribution in [0.25, 0.3) is 6.08 Å². The van der Waals surface area contributed by atoms with Crippen LogP contribution in [0.3, 0.4) is 0 Å². The predicted molar refractivity (Wildman–Crippen MR) is 92.2 cm³/mol. The zero-order valence-corrected chi connectivity index (χ0v) is 13.7. The van der Waals surface area contributed by atoms with Crippen molar-refractivity contribution in [3.63, 3.8) is 0 Å². The summed E-state index contributed by atoms with van der Waals surface area (Å²) in [6.07, 6.45) is 2.46. The predicted octanol–water partition coefficient (Wildman–Crippen LogP) is 3.05. The topological polar surface area (TPSA) is 90.6 Å². The molecule has 6 nitrogen and oxygen atoms in total. The van der Waals surface area contributed by atoms with Crippen molar-refractivity contribution in [1.29, 1.82) is 0 Å². The first-order chi connectivity index (χ1) is 12.4. The molecule has 0 unspecified atom stereocenters. The number of carbonyl (C=O) groups is 2. The Labute approximate surface area is 148 Å². The van der Waals surface area contributed by atoms with Gasteiger partial charge in [0.1, 0.15) is 0 Å². The average Bonchev–Trinajstić information content (AvgIpc) is 2.60. The number of primary amides is 1. The Morgan fingerprint density at radius 3 is 2.58 bits per heavy atom. The summed E-state index contributed by atoms with van der Waals surface area (Å²) >= 11 is 0. The maximum absolute atomic E-state index is 12.6. The molecule has 2 rings (SSSR count). The van der Waals surface area contributed by atoms with E-state index in [1.54, 1.807) is 18.2 Å². The Bertz CT molecular complexity index is 838. The zero-order chi connectivity index (χ0) is 19.1. The molecular weight excluding hydrogens is 346 g/mol. The number of rotatable bonds is 7. The second kappa shape index (κ2) is 8.61. The van der Waals surface area contributed by atoms with Crippen LogP contribution < -0.4 is 20.5 Å². The molecule has 0 fully saturated rings. The normalized spacial score (nSPS) is 10.8. The van der Waals surface area contributed by atoms with Crippen LogP contribution >= 0.6 is 0 Å². The SMILES string of the molecule is COc1cccc(C=CC(=O)Nc2cccc(C(N)=O)c2)c1OC(F)F. The second-order valence-electron chi connectivity index (χ2n) is 5.02. The summed E-state index contributed by atoms with van der Waals surface area (Å²) in [6, 6.07) is 10.6. The number of carbonyl (C=O) groups excluding carboxylic acids is 2. The lowest BCUT2D eigenvalue weighted by molar-refractivity contribution is -0.111. The van der Waals surface area contributed by atoms with Gasteiger partial charge < -0.3 is 20.5 Å². The van der Waals surface area contributed by atoms with E-state index in [1.165, 1.54) is 37.5 Å². The standard InChI is InChI=1S/C18H16F2N2O4/c1-25-14-7-3-4-11(16(14)26-18(19)20)8-9-15(23)22-13-6-2-5-12(10-13)17(21)24/h2-10,18H,1H3,(H2,21,24)(H,22,23). The lowest BCUT2D eigenvalue weighted by Gasteiger charge is -2.12. The summed E-state index contributed by atoms with van der Waals surface area (Å²) in [5.74, 6) is -1.22. The summed E-state index contributed by atoms with van der Waals surface area (Å²) in [5, 5.41) is 2.54. The third kappa shape index (κ3) is 5.04. The van der Waals surface area contributed by atoms with E-state index in [0.29, 0.717) is 5.69 Å². The molecule has 0 aliphatic rings. The molecule has 8 heteroatoms. The first-order valence-electron chi connectivity index (χ1n) is 7.41. The van der Waals surface area contributed by atoms with Gasteiger partial charge in [0.2, 0.25) is 11.8 Å². The average molecular weight is 362 g/mol. The van der Waals surface area contributed by atoms with Crippen LogP contribution in [0.2, 0.25) is 0 Å². The highest BCUT2D eigenvalue weighted by molar-refractivity contribution is 6.03. The minimum absolute atomic E-state index is 0.113. The number of halogens is 2. The second-order valence-corrected chi connectivity index (χ2v) is 5.02. The molecule has 26 heavy (non-hydrogen) atoms. The number of benzene rings is 2. The maximum atomic E-state index is 12.6. The minimum atomic E-state index is -3.04. The van der Waals surface area contributed by atoms with Gasteiger partial charge in [0.05, 0.1) is 7.11 Å². The molecule has 0 spiro atoms. The van der Waals surface area contributed by atoms with E-state index in [2.05, 4.69) is 10.1 Å². The van der Waals surface area contributed by atoms with Gasteiger partial charge >= 0.3 is 6.61 Å². The number of hydrogen-bond donors (Lipinski definition) is 2. The molecule has 0 aliphatic heterocycles. The van der Waals surface area contributed by atoms with Crippen molar-refractivity contribution in [2.24, 2.45) is 5.73 Å². The molecule has 0 radical (unpaired) electrons. The summed E-state index contributed by atoms with van der Waals surface area (Å²) in [4.78, 5) is 23.2. The smallest absolute Gasteiger partial charge is 0.387 e. The van der Waals surface area contributed by atoms with Crippen LogP contribution in [0.4, 0.5) is 14.5 Å². The minimum Gasteiger partial charge on any atom is -0.493 e. The highest BCUT2D eigenvalue weighted by Gasteiger charge is 2.14. The number of nitrogens with one attached hydrogen (secondary N) is 1. The molecule has 2 amide bonds. The molecule has 0 heterocycles. The number of nitrogens with two attached hydrogens (primary N) is 1. The lowest BCUT2D eigenvalue weighted by Crippen LogP contribution is -2.12. The molecule has 0 atom stereocenters. The van der Waals surface area contributed by atoms with E-state index >= 15 is 0 Å². The number of ether oxygens (including phenoxy) is 2. The fraction of sp³-hybridized carbons (Fsp3) is 0.111. The van der Waals surface area contributed by atoms with Gasteiger partial charge in [-0.05, 0) is 30.3 Å². The van der Waals surface area contributed by atoms with Crippen LogP contribution in [0.15, 0.2) is 48.5 Å². The Balaban J connectivity index is 2.17. The summed E-state index contributed by atoms with van der Waals surface area (Å²) in [5.41, 5.74) is 6.03. The molecule has 0 aromatic heterocycles. The largest absolute Gasteiger partial charge is 0.493 e. The van der Waals surface area contributed by atoms with Crippen LogP contribution in [-0.2, 0) is 4.79 Å². The van der Waals surface area contributed by atoms with Gasteiger partial charge in [-0.3, -0.25) is 9.59 Å². The van der Waals surface area contributed by atoms with Crippen LogP contribution in [0.5, 0.6) is 11.5 Å². The van der Waals surface area contributed by atoms with Crippen LogP contribution in [-0.4, -0.2) is 25.5 Å². The zero-order valence-electron chi connectivity index (χ0n) is 13.7. The third-order valence-electron chi connectivity index (χ3n) is 3.27. The summed E-state index contributed by atoms with van der Waals surface area (Å²) < 4.78 is 34.6. The molecule has 0 aliphatic carbocycles. The van der Waals surface area contributed by atoms with Crippen LogP contribution in [0.1, 0.15) is 15.9 Å². The van der Waals surface area contributed by atoms with Crippen molar-refractivity contribution < 1.29 is 27.8 Å². The number of para-hydroxylation sites is 1.